The maximum absolute atomic E-state index is 10.6. The van der Waals surface area contributed by atoms with Gasteiger partial charge in [-0.2, -0.15) is 11.8 Å². The number of carbonyl (C=O) groups is 1. The maximum atomic E-state index is 10.6. The van der Waals surface area contributed by atoms with E-state index in [0.717, 1.165) is 29.8 Å². The van der Waals surface area contributed by atoms with E-state index in [1.54, 1.807) is 6.92 Å². The van der Waals surface area contributed by atoms with Crippen LogP contribution in [0.3, 0.4) is 0 Å². The van der Waals surface area contributed by atoms with Gasteiger partial charge >= 0.3 is 0 Å². The molecule has 0 bridgehead atoms. The summed E-state index contributed by atoms with van der Waals surface area (Å²) >= 11 is 1.97. The maximum Gasteiger partial charge on any atom is 0.129 e. The van der Waals surface area contributed by atoms with E-state index < -0.39 is 0 Å². The zero-order valence-electron chi connectivity index (χ0n) is 8.59. The number of ketones is 1. The summed E-state index contributed by atoms with van der Waals surface area (Å²) in [5.74, 6) is 2.18. The van der Waals surface area contributed by atoms with Crippen LogP contribution in [-0.4, -0.2) is 16.8 Å². The molecule has 12 heavy (non-hydrogen) atoms. The Morgan fingerprint density at radius 2 is 1.92 bits per heavy atom. The van der Waals surface area contributed by atoms with Crippen molar-refractivity contribution in [1.82, 2.24) is 0 Å². The Balaban J connectivity index is 3.25. The topological polar surface area (TPSA) is 17.1 Å². The van der Waals surface area contributed by atoms with E-state index in [0.29, 0.717) is 5.78 Å². The lowest BCUT2D eigenvalue weighted by Gasteiger charge is -2.14. The number of hydrogen-bond donors (Lipinski definition) is 0. The van der Waals surface area contributed by atoms with Crippen molar-refractivity contribution in [3.05, 3.63) is 0 Å². The zero-order valence-corrected chi connectivity index (χ0v) is 9.41. The molecule has 0 heterocycles. The monoisotopic (exact) mass is 188 g/mol. The van der Waals surface area contributed by atoms with Gasteiger partial charge in [0.2, 0.25) is 0 Å². The van der Waals surface area contributed by atoms with Gasteiger partial charge in [-0.05, 0) is 25.0 Å². The fourth-order valence-electron chi connectivity index (χ4n) is 0.783. The fourth-order valence-corrected chi connectivity index (χ4v) is 1.85. The van der Waals surface area contributed by atoms with Crippen LogP contribution in [0, 0.1) is 5.92 Å². The van der Waals surface area contributed by atoms with E-state index in [1.165, 1.54) is 0 Å². The van der Waals surface area contributed by atoms with E-state index >= 15 is 0 Å². The molecule has 0 aliphatic carbocycles. The molecule has 0 aliphatic rings. The normalized spacial score (nSPS) is 13.4. The van der Waals surface area contributed by atoms with E-state index in [9.17, 15) is 4.79 Å². The van der Waals surface area contributed by atoms with E-state index in [1.807, 2.05) is 11.8 Å². The molecule has 1 unspecified atom stereocenters. The van der Waals surface area contributed by atoms with Crippen LogP contribution in [0.4, 0.5) is 0 Å². The Labute approximate surface area is 80.3 Å². The Morgan fingerprint density at radius 1 is 1.33 bits per heavy atom. The van der Waals surface area contributed by atoms with E-state index in [4.69, 9.17) is 0 Å². The number of carbonyl (C=O) groups excluding carboxylic acids is 1. The Bertz CT molecular complexity index is 132. The van der Waals surface area contributed by atoms with Gasteiger partial charge in [-0.1, -0.05) is 20.8 Å². The minimum Gasteiger partial charge on any atom is -0.300 e. The minimum atomic E-state index is 0.313. The molecule has 0 saturated heterocycles. The van der Waals surface area contributed by atoms with Crippen molar-refractivity contribution in [2.75, 3.05) is 5.75 Å². The molecule has 0 fully saturated rings. The summed E-state index contributed by atoms with van der Waals surface area (Å²) in [5.41, 5.74) is 0. The second-order valence-corrected chi connectivity index (χ2v) is 5.11. The number of hydrogen-bond acceptors (Lipinski definition) is 2. The molecule has 0 aromatic heterocycles. The van der Waals surface area contributed by atoms with Gasteiger partial charge in [0.25, 0.3) is 0 Å². The smallest absolute Gasteiger partial charge is 0.129 e. The molecule has 0 rings (SSSR count). The highest BCUT2D eigenvalue weighted by Crippen LogP contribution is 2.19. The lowest BCUT2D eigenvalue weighted by Crippen LogP contribution is -2.06. The van der Waals surface area contributed by atoms with Crippen LogP contribution in [0.1, 0.15) is 40.5 Å². The van der Waals surface area contributed by atoms with Gasteiger partial charge < -0.3 is 4.79 Å². The van der Waals surface area contributed by atoms with E-state index in [-0.39, 0.29) is 0 Å². The summed E-state index contributed by atoms with van der Waals surface area (Å²) in [6.45, 7) is 8.39. The largest absolute Gasteiger partial charge is 0.300 e. The molecule has 0 radical (unpaired) electrons. The minimum absolute atomic E-state index is 0.313. The third-order valence-corrected chi connectivity index (χ3v) is 3.59. The lowest BCUT2D eigenvalue weighted by molar-refractivity contribution is -0.117. The second-order valence-electron chi connectivity index (χ2n) is 3.63. The molecule has 2 heteroatoms. The molecule has 0 aliphatic heterocycles. The van der Waals surface area contributed by atoms with Crippen LogP contribution >= 0.6 is 11.8 Å². The molecule has 0 amide bonds. The average Bonchev–Trinajstić information content (AvgIpc) is 1.97. The number of rotatable bonds is 6. The van der Waals surface area contributed by atoms with Gasteiger partial charge in [-0.15, -0.1) is 0 Å². The summed E-state index contributed by atoms with van der Waals surface area (Å²) in [6.07, 6.45) is 1.79. The predicted octanol–water partition coefficient (Wildman–Crippen LogP) is 3.13. The Kier molecular flexibility index (Phi) is 6.54. The lowest BCUT2D eigenvalue weighted by atomic mass is 10.2. The third kappa shape index (κ3) is 6.71. The van der Waals surface area contributed by atoms with Crippen molar-refractivity contribution in [2.24, 2.45) is 5.92 Å². The quantitative estimate of drug-likeness (QED) is 0.596. The standard InChI is InChI=1S/C10H20OS/c1-8(2)10(4)12-7-5-6-9(3)11/h8,10H,5-7H2,1-4H3. The summed E-state index contributed by atoms with van der Waals surface area (Å²) < 4.78 is 0. The van der Waals surface area contributed by atoms with Crippen molar-refractivity contribution < 1.29 is 4.79 Å². The fraction of sp³-hybridized carbons (Fsp3) is 0.900. The molecule has 0 saturated carbocycles. The predicted molar refractivity (Wildman–Crippen MR) is 56.7 cm³/mol. The first kappa shape index (κ1) is 12.0. The van der Waals surface area contributed by atoms with Crippen molar-refractivity contribution in [2.45, 2.75) is 45.8 Å². The summed E-state index contributed by atoms with van der Waals surface area (Å²) in [6, 6.07) is 0. The second kappa shape index (κ2) is 6.53. The number of Topliss-reactive ketones (excluding diaryl/α,β-unsaturated/α-hetero) is 1. The molecule has 0 aromatic rings. The highest BCUT2D eigenvalue weighted by Gasteiger charge is 2.06. The molecule has 1 atom stereocenters. The first-order valence-electron chi connectivity index (χ1n) is 4.65. The molecule has 0 aromatic carbocycles. The summed E-state index contributed by atoms with van der Waals surface area (Å²) in [5, 5.41) is 0.719. The van der Waals surface area contributed by atoms with Crippen molar-refractivity contribution in [3.63, 3.8) is 0 Å². The van der Waals surface area contributed by atoms with Gasteiger partial charge in [0.1, 0.15) is 5.78 Å². The molecular weight excluding hydrogens is 168 g/mol. The van der Waals surface area contributed by atoms with Crippen LogP contribution in [0.15, 0.2) is 0 Å². The molecule has 1 nitrogen and oxygen atoms in total. The molecule has 0 spiro atoms. The van der Waals surface area contributed by atoms with Gasteiger partial charge in [-0.3, -0.25) is 0 Å². The van der Waals surface area contributed by atoms with Gasteiger partial charge in [0, 0.05) is 11.7 Å². The Hall–Kier alpha value is 0.0200. The van der Waals surface area contributed by atoms with Crippen LogP contribution in [-0.2, 0) is 4.79 Å². The van der Waals surface area contributed by atoms with Crippen molar-refractivity contribution in [1.29, 1.82) is 0 Å². The molecular formula is C10H20OS. The van der Waals surface area contributed by atoms with E-state index in [2.05, 4.69) is 20.8 Å². The highest BCUT2D eigenvalue weighted by atomic mass is 32.2. The van der Waals surface area contributed by atoms with Crippen molar-refractivity contribution >= 4 is 17.5 Å². The summed E-state index contributed by atoms with van der Waals surface area (Å²) in [7, 11) is 0. The first-order chi connectivity index (χ1) is 5.54. The number of thioether (sulfide) groups is 1. The van der Waals surface area contributed by atoms with Crippen LogP contribution < -0.4 is 0 Å². The highest BCUT2D eigenvalue weighted by molar-refractivity contribution is 7.99. The van der Waals surface area contributed by atoms with Crippen LogP contribution in [0.2, 0.25) is 0 Å². The van der Waals surface area contributed by atoms with Crippen LogP contribution in [0.5, 0.6) is 0 Å². The van der Waals surface area contributed by atoms with Crippen molar-refractivity contribution in [3.8, 4) is 0 Å². The SMILES string of the molecule is CC(=O)CCCSC(C)C(C)C. The zero-order chi connectivity index (χ0) is 9.56. The van der Waals surface area contributed by atoms with Gasteiger partial charge in [0.05, 0.1) is 0 Å². The molecule has 72 valence electrons. The van der Waals surface area contributed by atoms with Gasteiger partial charge in [0.15, 0.2) is 0 Å². The van der Waals surface area contributed by atoms with Crippen LogP contribution in [0.25, 0.3) is 0 Å². The first-order valence-corrected chi connectivity index (χ1v) is 5.70. The average molecular weight is 188 g/mol. The Morgan fingerprint density at radius 3 is 2.33 bits per heavy atom. The van der Waals surface area contributed by atoms with Gasteiger partial charge in [-0.25, -0.2) is 0 Å². The third-order valence-electron chi connectivity index (χ3n) is 1.99. The molecule has 0 N–H and O–H groups in total. The summed E-state index contributed by atoms with van der Waals surface area (Å²) in [4.78, 5) is 10.6.